The standard InChI is InChI=1S/C17H20N2O4S2/c1-10-3-6-14-11(7-10)8-15(24-14)17(20)19-12-4-5-13(23-2)16(9-12)25(18,21)22/h4-5,8-10H,3,6-7H2,1-2H3,(H,19,20)(H2,18,21,22). The van der Waals surface area contributed by atoms with E-state index in [1.54, 1.807) is 6.07 Å². The van der Waals surface area contributed by atoms with Crippen LogP contribution in [0.3, 0.4) is 0 Å². The van der Waals surface area contributed by atoms with E-state index in [1.165, 1.54) is 41.0 Å². The van der Waals surface area contributed by atoms with Crippen molar-refractivity contribution in [1.82, 2.24) is 0 Å². The molecule has 1 aromatic carbocycles. The summed E-state index contributed by atoms with van der Waals surface area (Å²) < 4.78 is 28.4. The molecule has 1 aliphatic carbocycles. The smallest absolute Gasteiger partial charge is 0.265 e. The zero-order valence-electron chi connectivity index (χ0n) is 14.0. The van der Waals surface area contributed by atoms with Crippen molar-refractivity contribution in [2.24, 2.45) is 11.1 Å². The molecule has 8 heteroatoms. The van der Waals surface area contributed by atoms with Crippen molar-refractivity contribution in [3.8, 4) is 5.75 Å². The summed E-state index contributed by atoms with van der Waals surface area (Å²) >= 11 is 1.50. The lowest BCUT2D eigenvalue weighted by Gasteiger charge is -2.16. The highest BCUT2D eigenvalue weighted by molar-refractivity contribution is 7.89. The number of carbonyl (C=O) groups is 1. The quantitative estimate of drug-likeness (QED) is 0.852. The first-order valence-electron chi connectivity index (χ1n) is 7.91. The Morgan fingerprint density at radius 2 is 2.12 bits per heavy atom. The van der Waals surface area contributed by atoms with Gasteiger partial charge in [-0.3, -0.25) is 4.79 Å². The second-order valence-corrected chi connectivity index (χ2v) is 8.94. The minimum atomic E-state index is -3.95. The highest BCUT2D eigenvalue weighted by Crippen LogP contribution is 2.33. The summed E-state index contributed by atoms with van der Waals surface area (Å²) in [7, 11) is -2.59. The van der Waals surface area contributed by atoms with Crippen LogP contribution in [-0.4, -0.2) is 21.4 Å². The van der Waals surface area contributed by atoms with Crippen molar-refractivity contribution >= 4 is 33.0 Å². The van der Waals surface area contributed by atoms with Crippen LogP contribution in [0.15, 0.2) is 29.2 Å². The first-order chi connectivity index (χ1) is 11.8. The Hall–Kier alpha value is -1.90. The van der Waals surface area contributed by atoms with Crippen molar-refractivity contribution in [1.29, 1.82) is 0 Å². The van der Waals surface area contributed by atoms with Crippen molar-refractivity contribution in [2.45, 2.75) is 31.1 Å². The van der Waals surface area contributed by atoms with Gasteiger partial charge in [-0.1, -0.05) is 6.92 Å². The maximum atomic E-state index is 12.5. The number of aryl methyl sites for hydroxylation is 1. The van der Waals surface area contributed by atoms with Gasteiger partial charge in [-0.25, -0.2) is 13.6 Å². The number of carbonyl (C=O) groups excluding carboxylic acids is 1. The summed E-state index contributed by atoms with van der Waals surface area (Å²) in [5, 5.41) is 7.94. The lowest BCUT2D eigenvalue weighted by Crippen LogP contribution is -2.15. The number of rotatable bonds is 4. The maximum absolute atomic E-state index is 12.5. The highest BCUT2D eigenvalue weighted by Gasteiger charge is 2.21. The number of thiophene rings is 1. The number of methoxy groups -OCH3 is 1. The molecule has 2 aromatic rings. The number of amides is 1. The number of nitrogens with one attached hydrogen (secondary N) is 1. The Balaban J connectivity index is 1.84. The number of benzene rings is 1. The third kappa shape index (κ3) is 3.86. The minimum absolute atomic E-state index is 0.140. The molecule has 1 aliphatic rings. The predicted molar refractivity (Wildman–Crippen MR) is 97.8 cm³/mol. The van der Waals surface area contributed by atoms with Crippen LogP contribution in [0.25, 0.3) is 0 Å². The fourth-order valence-corrected chi connectivity index (χ4v) is 4.81. The number of anilines is 1. The number of hydrogen-bond donors (Lipinski definition) is 2. The van der Waals surface area contributed by atoms with Crippen molar-refractivity contribution in [3.05, 3.63) is 39.6 Å². The van der Waals surface area contributed by atoms with Crippen LogP contribution >= 0.6 is 11.3 Å². The number of nitrogens with two attached hydrogens (primary N) is 1. The van der Waals surface area contributed by atoms with Gasteiger partial charge in [0.2, 0.25) is 10.0 Å². The number of primary sulfonamides is 1. The van der Waals surface area contributed by atoms with Gasteiger partial charge in [0.05, 0.1) is 12.0 Å². The minimum Gasteiger partial charge on any atom is -0.495 e. The monoisotopic (exact) mass is 380 g/mol. The topological polar surface area (TPSA) is 98.5 Å². The molecule has 3 rings (SSSR count). The zero-order valence-corrected chi connectivity index (χ0v) is 15.7. The molecule has 0 spiro atoms. The highest BCUT2D eigenvalue weighted by atomic mass is 32.2. The Morgan fingerprint density at radius 3 is 2.80 bits per heavy atom. The van der Waals surface area contributed by atoms with E-state index in [2.05, 4.69) is 12.2 Å². The average molecular weight is 380 g/mol. The molecule has 134 valence electrons. The van der Waals surface area contributed by atoms with Crippen LogP contribution in [0.1, 0.15) is 33.5 Å². The first kappa shape index (κ1) is 17.9. The van der Waals surface area contributed by atoms with Crippen molar-refractivity contribution in [3.63, 3.8) is 0 Å². The van der Waals surface area contributed by atoms with Gasteiger partial charge in [0, 0.05) is 10.6 Å². The lowest BCUT2D eigenvalue weighted by atomic mass is 9.90. The molecule has 1 amide bonds. The molecule has 25 heavy (non-hydrogen) atoms. The number of sulfonamides is 1. The van der Waals surface area contributed by atoms with Gasteiger partial charge in [-0.15, -0.1) is 11.3 Å². The summed E-state index contributed by atoms with van der Waals surface area (Å²) in [6, 6.07) is 6.30. The predicted octanol–water partition coefficient (Wildman–Crippen LogP) is 2.78. The number of fused-ring (bicyclic) bond motifs is 1. The molecule has 3 N–H and O–H groups in total. The Labute approximate surface area is 151 Å². The molecular formula is C17H20N2O4S2. The van der Waals surface area contributed by atoms with E-state index in [1.807, 2.05) is 6.07 Å². The summed E-state index contributed by atoms with van der Waals surface area (Å²) in [4.78, 5) is 14.3. The molecule has 0 saturated carbocycles. The summed E-state index contributed by atoms with van der Waals surface area (Å²) in [5.41, 5.74) is 1.60. The van der Waals surface area contributed by atoms with Gasteiger partial charge in [-0.2, -0.15) is 0 Å². The van der Waals surface area contributed by atoms with Crippen molar-refractivity contribution in [2.75, 3.05) is 12.4 Å². The summed E-state index contributed by atoms with van der Waals surface area (Å²) in [5.74, 6) is 0.524. The molecule has 0 bridgehead atoms. The van der Waals surface area contributed by atoms with Gasteiger partial charge < -0.3 is 10.1 Å². The molecule has 0 fully saturated rings. The molecular weight excluding hydrogens is 360 g/mol. The number of hydrogen-bond acceptors (Lipinski definition) is 5. The first-order valence-corrected chi connectivity index (χ1v) is 10.3. The zero-order chi connectivity index (χ0) is 18.2. The molecule has 1 atom stereocenters. The van der Waals surface area contributed by atoms with Crippen LogP contribution in [0.5, 0.6) is 5.75 Å². The molecule has 1 aromatic heterocycles. The number of ether oxygens (including phenoxy) is 1. The van der Waals surface area contributed by atoms with Crippen molar-refractivity contribution < 1.29 is 17.9 Å². The van der Waals surface area contributed by atoms with Crippen LogP contribution < -0.4 is 15.2 Å². The second kappa shape index (κ2) is 6.78. The average Bonchev–Trinajstić information content (AvgIpc) is 2.97. The Bertz CT molecular complexity index is 919. The molecule has 1 heterocycles. The normalized spacial score (nSPS) is 17.0. The van der Waals surface area contributed by atoms with Gasteiger partial charge in [0.15, 0.2) is 0 Å². The van der Waals surface area contributed by atoms with E-state index >= 15 is 0 Å². The molecule has 0 aliphatic heterocycles. The van der Waals surface area contributed by atoms with E-state index < -0.39 is 10.0 Å². The summed E-state index contributed by atoms with van der Waals surface area (Å²) in [6.45, 7) is 2.21. The second-order valence-electron chi connectivity index (χ2n) is 6.27. The molecule has 1 unspecified atom stereocenters. The van der Waals surface area contributed by atoms with E-state index in [9.17, 15) is 13.2 Å². The fourth-order valence-electron chi connectivity index (χ4n) is 2.99. The largest absolute Gasteiger partial charge is 0.495 e. The Kier molecular flexibility index (Phi) is 4.86. The third-order valence-electron chi connectivity index (χ3n) is 4.28. The lowest BCUT2D eigenvalue weighted by molar-refractivity contribution is 0.103. The van der Waals surface area contributed by atoms with Gasteiger partial charge >= 0.3 is 0 Å². The third-order valence-corrected chi connectivity index (χ3v) is 6.45. The molecule has 6 nitrogen and oxygen atoms in total. The van der Waals surface area contributed by atoms with Crippen LogP contribution in [0, 0.1) is 5.92 Å². The maximum Gasteiger partial charge on any atom is 0.265 e. The van der Waals surface area contributed by atoms with Crippen LogP contribution in [0.2, 0.25) is 0 Å². The fraction of sp³-hybridized carbons (Fsp3) is 0.353. The van der Waals surface area contributed by atoms with E-state index in [0.717, 1.165) is 19.3 Å². The van der Waals surface area contributed by atoms with Crippen LogP contribution in [0.4, 0.5) is 5.69 Å². The SMILES string of the molecule is COc1ccc(NC(=O)c2cc3c(s2)CCC(C)C3)cc1S(N)(=O)=O. The van der Waals surface area contributed by atoms with E-state index in [4.69, 9.17) is 9.88 Å². The van der Waals surface area contributed by atoms with E-state index in [0.29, 0.717) is 16.5 Å². The van der Waals surface area contributed by atoms with Crippen LogP contribution in [-0.2, 0) is 22.9 Å². The van der Waals surface area contributed by atoms with Gasteiger partial charge in [-0.05, 0) is 55.0 Å². The van der Waals surface area contributed by atoms with E-state index in [-0.39, 0.29) is 16.6 Å². The van der Waals surface area contributed by atoms with Gasteiger partial charge in [0.1, 0.15) is 10.6 Å². The Morgan fingerprint density at radius 1 is 1.36 bits per heavy atom. The molecule has 0 saturated heterocycles. The summed E-state index contributed by atoms with van der Waals surface area (Å²) in [6.07, 6.45) is 3.15. The van der Waals surface area contributed by atoms with Gasteiger partial charge in [0.25, 0.3) is 5.91 Å². The molecule has 0 radical (unpaired) electrons.